The van der Waals surface area contributed by atoms with Gasteiger partial charge in [0, 0.05) is 0 Å². The fourth-order valence-corrected chi connectivity index (χ4v) is 2.62. The maximum Gasteiger partial charge on any atom is 0.325 e. The number of nitrogens with zero attached hydrogens (tertiary/aromatic N) is 4. The van der Waals surface area contributed by atoms with Crippen LogP contribution >= 0.6 is 0 Å². The molecule has 2 saturated heterocycles. The molecule has 2 N–H and O–H groups in total. The van der Waals surface area contributed by atoms with E-state index in [0.29, 0.717) is 25.9 Å². The largest absolute Gasteiger partial charge is 0.325 e. The molecule has 2 aliphatic rings. The van der Waals surface area contributed by atoms with Crippen molar-refractivity contribution in [3.8, 4) is 0 Å². The van der Waals surface area contributed by atoms with E-state index in [2.05, 4.69) is 20.7 Å². The van der Waals surface area contributed by atoms with E-state index in [1.165, 1.54) is 11.2 Å². The van der Waals surface area contributed by atoms with Gasteiger partial charge < -0.3 is 10.6 Å². The molecule has 8 nitrogen and oxygen atoms in total. The highest BCUT2D eigenvalue weighted by molar-refractivity contribution is 6.07. The zero-order chi connectivity index (χ0) is 13.3. The summed E-state index contributed by atoms with van der Waals surface area (Å²) >= 11 is 0. The van der Waals surface area contributed by atoms with Gasteiger partial charge in [-0.25, -0.2) is 9.78 Å². The van der Waals surface area contributed by atoms with Crippen molar-refractivity contribution in [3.63, 3.8) is 0 Å². The molecule has 1 aromatic rings. The number of carbonyl (C=O) groups is 2. The average molecular weight is 264 g/mol. The molecule has 0 radical (unpaired) electrons. The summed E-state index contributed by atoms with van der Waals surface area (Å²) in [6, 6.07) is -0.299. The lowest BCUT2D eigenvalue weighted by Gasteiger charge is -2.31. The number of rotatable bonds is 3. The second-order valence-corrected chi connectivity index (χ2v) is 4.88. The fourth-order valence-electron chi connectivity index (χ4n) is 2.62. The van der Waals surface area contributed by atoms with E-state index in [1.54, 1.807) is 11.0 Å². The third-order valence-corrected chi connectivity index (χ3v) is 3.72. The van der Waals surface area contributed by atoms with E-state index in [0.717, 1.165) is 13.1 Å². The SMILES string of the molecule is O=C1NC2(CCNCC2)C(=O)N1CCn1cncn1. The molecule has 3 rings (SSSR count). The summed E-state index contributed by atoms with van der Waals surface area (Å²) in [6.07, 6.45) is 4.30. The number of aromatic nitrogens is 3. The van der Waals surface area contributed by atoms with E-state index < -0.39 is 5.54 Å². The molecule has 3 heterocycles. The first-order valence-electron chi connectivity index (χ1n) is 6.38. The zero-order valence-electron chi connectivity index (χ0n) is 10.5. The number of imide groups is 1. The van der Waals surface area contributed by atoms with Crippen LogP contribution < -0.4 is 10.6 Å². The molecule has 0 atom stereocenters. The van der Waals surface area contributed by atoms with Crippen molar-refractivity contribution in [2.45, 2.75) is 24.9 Å². The Labute approximate surface area is 110 Å². The number of hydrogen-bond acceptors (Lipinski definition) is 5. The summed E-state index contributed by atoms with van der Waals surface area (Å²) in [5.41, 5.74) is -0.690. The van der Waals surface area contributed by atoms with E-state index in [-0.39, 0.29) is 11.9 Å². The number of carbonyl (C=O) groups excluding carboxylic acids is 2. The Morgan fingerprint density at radius 2 is 2.05 bits per heavy atom. The van der Waals surface area contributed by atoms with Crippen LogP contribution in [0, 0.1) is 0 Å². The Kier molecular flexibility index (Phi) is 2.94. The maximum absolute atomic E-state index is 12.4. The van der Waals surface area contributed by atoms with Crippen LogP contribution in [0.4, 0.5) is 4.79 Å². The number of nitrogens with one attached hydrogen (secondary N) is 2. The van der Waals surface area contributed by atoms with Gasteiger partial charge in [0.05, 0.1) is 13.1 Å². The molecule has 2 fully saturated rings. The Morgan fingerprint density at radius 3 is 2.74 bits per heavy atom. The van der Waals surface area contributed by atoms with E-state index in [1.807, 2.05) is 0 Å². The predicted molar refractivity (Wildman–Crippen MR) is 65.1 cm³/mol. The molecule has 1 aromatic heterocycles. The molecular weight excluding hydrogens is 248 g/mol. The van der Waals surface area contributed by atoms with Gasteiger partial charge in [0.25, 0.3) is 5.91 Å². The molecule has 1 spiro atoms. The minimum Gasteiger partial charge on any atom is -0.323 e. The van der Waals surface area contributed by atoms with Crippen LogP contribution in [-0.4, -0.2) is 56.8 Å². The summed E-state index contributed by atoms with van der Waals surface area (Å²) in [7, 11) is 0. The highest BCUT2D eigenvalue weighted by atomic mass is 16.2. The van der Waals surface area contributed by atoms with Crippen molar-refractivity contribution in [3.05, 3.63) is 12.7 Å². The zero-order valence-corrected chi connectivity index (χ0v) is 10.5. The van der Waals surface area contributed by atoms with Gasteiger partial charge in [0.2, 0.25) is 0 Å². The van der Waals surface area contributed by atoms with Crippen molar-refractivity contribution in [2.24, 2.45) is 0 Å². The van der Waals surface area contributed by atoms with Crippen LogP contribution in [0.5, 0.6) is 0 Å². The quantitative estimate of drug-likeness (QED) is 0.680. The Hall–Kier alpha value is -1.96. The highest BCUT2D eigenvalue weighted by Gasteiger charge is 2.51. The lowest BCUT2D eigenvalue weighted by molar-refractivity contribution is -0.132. The highest BCUT2D eigenvalue weighted by Crippen LogP contribution is 2.26. The van der Waals surface area contributed by atoms with Crippen LogP contribution in [-0.2, 0) is 11.3 Å². The van der Waals surface area contributed by atoms with Gasteiger partial charge >= 0.3 is 6.03 Å². The summed E-state index contributed by atoms with van der Waals surface area (Å²) in [4.78, 5) is 29.5. The van der Waals surface area contributed by atoms with E-state index in [9.17, 15) is 9.59 Å². The predicted octanol–water partition coefficient (Wildman–Crippen LogP) is -1.05. The van der Waals surface area contributed by atoms with Gasteiger partial charge in [0.15, 0.2) is 0 Å². The number of urea groups is 1. The third-order valence-electron chi connectivity index (χ3n) is 3.72. The van der Waals surface area contributed by atoms with Crippen molar-refractivity contribution in [1.82, 2.24) is 30.3 Å². The normalized spacial score (nSPS) is 22.0. The van der Waals surface area contributed by atoms with E-state index >= 15 is 0 Å². The molecule has 102 valence electrons. The maximum atomic E-state index is 12.4. The monoisotopic (exact) mass is 264 g/mol. The standard InChI is InChI=1S/C11H16N6O2/c18-9-11(1-3-12-4-2-11)15-10(19)17(9)6-5-16-8-13-7-14-16/h7-8,12H,1-6H2,(H,15,19). The third kappa shape index (κ3) is 2.07. The van der Waals surface area contributed by atoms with Gasteiger partial charge in [0.1, 0.15) is 18.2 Å². The minimum absolute atomic E-state index is 0.112. The molecule has 0 aromatic carbocycles. The van der Waals surface area contributed by atoms with Crippen molar-refractivity contribution < 1.29 is 9.59 Å². The second kappa shape index (κ2) is 4.61. The van der Waals surface area contributed by atoms with Crippen LogP contribution in [0.25, 0.3) is 0 Å². The molecule has 2 aliphatic heterocycles. The molecule has 3 amide bonds. The van der Waals surface area contributed by atoms with Crippen LogP contribution in [0.2, 0.25) is 0 Å². The van der Waals surface area contributed by atoms with Gasteiger partial charge in [-0.1, -0.05) is 0 Å². The van der Waals surface area contributed by atoms with Gasteiger partial charge in [-0.2, -0.15) is 5.10 Å². The van der Waals surface area contributed by atoms with Gasteiger partial charge in [-0.3, -0.25) is 14.4 Å². The average Bonchev–Trinajstić information content (AvgIpc) is 2.99. The smallest absolute Gasteiger partial charge is 0.323 e. The summed E-state index contributed by atoms with van der Waals surface area (Å²) in [6.45, 7) is 2.29. The number of amides is 3. The van der Waals surface area contributed by atoms with Crippen LogP contribution in [0.15, 0.2) is 12.7 Å². The molecule has 0 aliphatic carbocycles. The van der Waals surface area contributed by atoms with Crippen molar-refractivity contribution >= 4 is 11.9 Å². The fraction of sp³-hybridized carbons (Fsp3) is 0.636. The van der Waals surface area contributed by atoms with Gasteiger partial charge in [-0.15, -0.1) is 0 Å². The Bertz CT molecular complexity index is 479. The number of piperidine rings is 1. The summed E-state index contributed by atoms with van der Waals surface area (Å²) in [5, 5.41) is 10.0. The molecular formula is C11H16N6O2. The second-order valence-electron chi connectivity index (χ2n) is 4.88. The van der Waals surface area contributed by atoms with Crippen molar-refractivity contribution in [1.29, 1.82) is 0 Å². The topological polar surface area (TPSA) is 92.2 Å². The molecule has 0 bridgehead atoms. The van der Waals surface area contributed by atoms with Crippen LogP contribution in [0.1, 0.15) is 12.8 Å². The Morgan fingerprint density at radius 1 is 1.26 bits per heavy atom. The molecule has 0 unspecified atom stereocenters. The minimum atomic E-state index is -0.690. The Balaban J connectivity index is 1.68. The molecule has 0 saturated carbocycles. The molecule has 8 heteroatoms. The number of hydrogen-bond donors (Lipinski definition) is 2. The first-order valence-corrected chi connectivity index (χ1v) is 6.38. The van der Waals surface area contributed by atoms with Gasteiger partial charge in [-0.05, 0) is 25.9 Å². The van der Waals surface area contributed by atoms with Crippen molar-refractivity contribution in [2.75, 3.05) is 19.6 Å². The summed E-state index contributed by atoms with van der Waals surface area (Å²) < 4.78 is 1.61. The first-order chi connectivity index (χ1) is 9.21. The van der Waals surface area contributed by atoms with E-state index in [4.69, 9.17) is 0 Å². The summed E-state index contributed by atoms with van der Waals surface area (Å²) in [5.74, 6) is -0.112. The first kappa shape index (κ1) is 12.1. The lowest BCUT2D eigenvalue weighted by Crippen LogP contribution is -2.54. The lowest BCUT2D eigenvalue weighted by atomic mass is 9.88. The van der Waals surface area contributed by atoms with Crippen LogP contribution in [0.3, 0.4) is 0 Å². The molecule has 19 heavy (non-hydrogen) atoms.